The number of aliphatic hydroxyl groups excluding tert-OH is 1. The smallest absolute Gasteiger partial charge is 0.162 e. The average Bonchev–Trinajstić information content (AvgIpc) is 2.88. The summed E-state index contributed by atoms with van der Waals surface area (Å²) in [7, 11) is 0. The van der Waals surface area contributed by atoms with Gasteiger partial charge in [-0.2, -0.15) is 0 Å². The molecular weight excluding hydrogens is 667 g/mol. The fraction of sp³-hybridized carbons (Fsp3) is 0.360. The Morgan fingerprint density at radius 3 is 1.32 bits per heavy atom. The number of aromatic nitrogens is 3. The van der Waals surface area contributed by atoms with Gasteiger partial charge in [-0.3, -0.25) is 4.79 Å². The van der Waals surface area contributed by atoms with Crippen LogP contribution < -0.4 is 0 Å². The number of hydrogen-bond acceptors (Lipinski definition) is 5. The number of aliphatic hydroxyl groups is 1. The third kappa shape index (κ3) is 18.3. The number of nitrogens with zero attached hydrogens (tertiary/aromatic N) is 3. The van der Waals surface area contributed by atoms with Crippen LogP contribution in [-0.2, 0) is 11.9 Å². The molecule has 0 fully saturated rings. The minimum atomic E-state index is -0.112. The van der Waals surface area contributed by atoms with Crippen LogP contribution in [0.5, 0.6) is 0 Å². The van der Waals surface area contributed by atoms with E-state index in [0.29, 0.717) is 37.1 Å². The van der Waals surface area contributed by atoms with Gasteiger partial charge in [-0.15, -0.1) is 0 Å². The maximum absolute atomic E-state index is 10.8. The molecule has 0 unspecified atom stereocenters. The average molecular weight is 699 g/mol. The van der Waals surface area contributed by atoms with Gasteiger partial charge in [-0.1, -0.05) is 139 Å². The van der Waals surface area contributed by atoms with Crippen molar-refractivity contribution in [1.82, 2.24) is 15.0 Å². The Morgan fingerprint density at radius 1 is 0.676 bits per heavy atom. The molecule has 37 heavy (non-hydrogen) atoms. The number of alkyl halides is 1. The van der Waals surface area contributed by atoms with Crippen molar-refractivity contribution in [3.63, 3.8) is 0 Å². The summed E-state index contributed by atoms with van der Waals surface area (Å²) in [6.07, 6.45) is 0. The van der Waals surface area contributed by atoms with Crippen molar-refractivity contribution in [2.75, 3.05) is 0 Å². The Bertz CT molecular complexity index is 992. The Hall–Kier alpha value is -0.700. The molecule has 0 bridgehead atoms. The zero-order valence-electron chi connectivity index (χ0n) is 21.7. The molecule has 0 aliphatic carbocycles. The summed E-state index contributed by atoms with van der Waals surface area (Å²) in [4.78, 5) is 22.1. The molecule has 208 valence electrons. The second kappa shape index (κ2) is 25.6. The number of carbonyl (C=O) groups excluding carboxylic acids is 1. The van der Waals surface area contributed by atoms with E-state index in [2.05, 4.69) is 30.9 Å². The molecule has 3 aromatic heterocycles. The van der Waals surface area contributed by atoms with Crippen LogP contribution >= 0.6 is 85.5 Å². The summed E-state index contributed by atoms with van der Waals surface area (Å²) in [5.41, 5.74) is 1.94. The molecule has 0 saturated heterocycles. The summed E-state index contributed by atoms with van der Waals surface area (Å²) < 4.78 is 0. The van der Waals surface area contributed by atoms with Gasteiger partial charge >= 0.3 is 0 Å². The quantitative estimate of drug-likeness (QED) is 0.167. The normalized spacial score (nSPS) is 8.73. The minimum Gasteiger partial charge on any atom is -0.392 e. The van der Waals surface area contributed by atoms with Gasteiger partial charge < -0.3 is 5.11 Å². The van der Waals surface area contributed by atoms with Gasteiger partial charge in [0.1, 0.15) is 30.9 Å². The number of hydrogen-bond donors (Lipinski definition) is 1. The van der Waals surface area contributed by atoms with Gasteiger partial charge in [0, 0.05) is 16.5 Å². The third-order valence-corrected chi connectivity index (χ3v) is 5.47. The molecule has 0 aromatic carbocycles. The summed E-state index contributed by atoms with van der Waals surface area (Å²) in [5.74, 6) is -0.112. The molecule has 3 rings (SSSR count). The monoisotopic (exact) mass is 695 g/mol. The fourth-order valence-electron chi connectivity index (χ4n) is 1.77. The van der Waals surface area contributed by atoms with Gasteiger partial charge in [0.15, 0.2) is 5.78 Å². The summed E-state index contributed by atoms with van der Waals surface area (Å²) in [5, 5.41) is 11.3. The van der Waals surface area contributed by atoms with Crippen molar-refractivity contribution < 1.29 is 9.90 Å². The highest BCUT2D eigenvalue weighted by Gasteiger charge is 2.06. The standard InChI is InChI=1S/C7H5Cl2NO.C6H4BrCl2N.C6H5Cl2NO.3C2H6/c1-4(11)5-2-3-6(8)10-7(5)9;7-3-4-1-2-5(8)10-6(4)9;7-5-2-1-4(3-10)6(8)9-5;3*1-2/h2-3H,1H3;1-2H,3H2;1-2,10H,3H2;3*1-2H3. The Kier molecular flexibility index (Phi) is 28.2. The predicted octanol–water partition coefficient (Wildman–Crippen LogP) is 10.8. The summed E-state index contributed by atoms with van der Waals surface area (Å²) in [6.45, 7) is 13.3. The molecule has 0 aliphatic rings. The highest BCUT2D eigenvalue weighted by atomic mass is 79.9. The molecule has 0 saturated carbocycles. The van der Waals surface area contributed by atoms with Crippen molar-refractivity contribution in [2.45, 2.75) is 60.4 Å². The Labute approximate surface area is 259 Å². The molecule has 12 heteroatoms. The predicted molar refractivity (Wildman–Crippen MR) is 165 cm³/mol. The second-order valence-electron chi connectivity index (χ2n) is 5.49. The van der Waals surface area contributed by atoms with Gasteiger partial charge in [0.25, 0.3) is 0 Å². The molecule has 0 atom stereocenters. The van der Waals surface area contributed by atoms with Crippen LogP contribution in [0.1, 0.15) is 70.0 Å². The first-order valence-corrected chi connectivity index (χ1v) is 14.6. The van der Waals surface area contributed by atoms with Gasteiger partial charge in [0.05, 0.1) is 12.2 Å². The topological polar surface area (TPSA) is 76.0 Å². The molecule has 0 radical (unpaired) electrons. The number of halogens is 7. The van der Waals surface area contributed by atoms with E-state index in [1.807, 2.05) is 47.6 Å². The molecule has 3 aromatic rings. The largest absolute Gasteiger partial charge is 0.392 e. The van der Waals surface area contributed by atoms with Crippen molar-refractivity contribution >= 4 is 91.3 Å². The van der Waals surface area contributed by atoms with Gasteiger partial charge in [0.2, 0.25) is 0 Å². The Morgan fingerprint density at radius 2 is 1.03 bits per heavy atom. The van der Waals surface area contributed by atoms with Crippen LogP contribution in [0, 0.1) is 0 Å². The van der Waals surface area contributed by atoms with Crippen molar-refractivity contribution in [1.29, 1.82) is 0 Å². The van der Waals surface area contributed by atoms with E-state index in [0.717, 1.165) is 5.56 Å². The van der Waals surface area contributed by atoms with E-state index in [1.54, 1.807) is 24.3 Å². The highest BCUT2D eigenvalue weighted by molar-refractivity contribution is 9.08. The van der Waals surface area contributed by atoms with E-state index < -0.39 is 0 Å². The molecular formula is C25H32BrCl6N3O2. The molecule has 1 N–H and O–H groups in total. The highest BCUT2D eigenvalue weighted by Crippen LogP contribution is 2.19. The summed E-state index contributed by atoms with van der Waals surface area (Å²) >= 11 is 36.7. The lowest BCUT2D eigenvalue weighted by atomic mass is 10.2. The molecule has 0 spiro atoms. The number of carbonyl (C=O) groups is 1. The Balaban J connectivity index is -0.000000425. The van der Waals surface area contributed by atoms with E-state index >= 15 is 0 Å². The number of Topliss-reactive ketones (excluding diaryl/α,β-unsaturated/α-hetero) is 1. The van der Waals surface area contributed by atoms with E-state index in [1.165, 1.54) is 13.0 Å². The first-order valence-electron chi connectivity index (χ1n) is 11.2. The zero-order valence-corrected chi connectivity index (χ0v) is 27.8. The van der Waals surface area contributed by atoms with E-state index in [-0.39, 0.29) is 22.7 Å². The lowest BCUT2D eigenvalue weighted by Gasteiger charge is -1.97. The number of ketones is 1. The third-order valence-electron chi connectivity index (χ3n) is 3.29. The molecule has 0 aliphatic heterocycles. The first kappa shape index (κ1) is 40.8. The van der Waals surface area contributed by atoms with Crippen LogP contribution in [0.15, 0.2) is 36.4 Å². The van der Waals surface area contributed by atoms with Gasteiger partial charge in [-0.05, 0) is 31.2 Å². The number of pyridine rings is 3. The molecule has 5 nitrogen and oxygen atoms in total. The van der Waals surface area contributed by atoms with Crippen LogP contribution in [0.25, 0.3) is 0 Å². The van der Waals surface area contributed by atoms with Crippen LogP contribution in [0.2, 0.25) is 30.9 Å². The second-order valence-corrected chi connectivity index (χ2v) is 8.28. The van der Waals surface area contributed by atoms with Crippen LogP contribution in [0.4, 0.5) is 0 Å². The summed E-state index contributed by atoms with van der Waals surface area (Å²) in [6, 6.07) is 9.86. The molecule has 0 amide bonds. The minimum absolute atomic E-state index is 0.108. The van der Waals surface area contributed by atoms with Crippen molar-refractivity contribution in [3.05, 3.63) is 84.0 Å². The first-order chi connectivity index (χ1) is 17.6. The van der Waals surface area contributed by atoms with Crippen molar-refractivity contribution in [3.8, 4) is 0 Å². The maximum atomic E-state index is 10.8. The van der Waals surface area contributed by atoms with Crippen molar-refractivity contribution in [2.24, 2.45) is 0 Å². The maximum Gasteiger partial charge on any atom is 0.162 e. The number of rotatable bonds is 3. The van der Waals surface area contributed by atoms with Crippen LogP contribution in [-0.4, -0.2) is 25.8 Å². The van der Waals surface area contributed by atoms with Crippen LogP contribution in [0.3, 0.4) is 0 Å². The SMILES string of the molecule is CC.CC.CC.CC(=O)c1ccc(Cl)nc1Cl.Clc1ccc(CBr)c(Cl)n1.OCc1ccc(Cl)nc1Cl. The zero-order chi connectivity index (χ0) is 29.6. The molecule has 3 heterocycles. The van der Waals surface area contributed by atoms with Gasteiger partial charge in [-0.25, -0.2) is 15.0 Å². The lowest BCUT2D eigenvalue weighted by Crippen LogP contribution is -1.94. The van der Waals surface area contributed by atoms with E-state index in [4.69, 9.17) is 74.7 Å². The fourth-order valence-corrected chi connectivity index (χ4v) is 3.68. The van der Waals surface area contributed by atoms with E-state index in [9.17, 15) is 4.79 Å². The lowest BCUT2D eigenvalue weighted by molar-refractivity contribution is 0.101.